The number of anilines is 1. The molecule has 2 aromatic rings. The third kappa shape index (κ3) is 4.71. The average Bonchev–Trinajstić information content (AvgIpc) is 2.61. The molecule has 0 fully saturated rings. The van der Waals surface area contributed by atoms with Gasteiger partial charge in [0.2, 0.25) is 0 Å². The number of carboxylic acids is 1. The lowest BCUT2D eigenvalue weighted by atomic mass is 9.98. The van der Waals surface area contributed by atoms with E-state index in [0.717, 1.165) is 11.1 Å². The van der Waals surface area contributed by atoms with Crippen molar-refractivity contribution in [3.63, 3.8) is 0 Å². The standard InChI is InChI=1S/C18H20ClN3O4/c1-3-18(11-26-2,16(23)24)22-17(25)21-15-9-13(8-14(19)10-15)12-4-6-20-7-5-12/h4-10H,3,11H2,1-2H3,(H,23,24)(H2,21,22,25). The number of carbonyl (C=O) groups excluding carboxylic acids is 1. The van der Waals surface area contributed by atoms with Gasteiger partial charge >= 0.3 is 12.0 Å². The first-order valence-electron chi connectivity index (χ1n) is 7.92. The van der Waals surface area contributed by atoms with Crippen LogP contribution in [0.3, 0.4) is 0 Å². The Hall–Kier alpha value is -2.64. The number of aliphatic carboxylic acids is 1. The van der Waals surface area contributed by atoms with Crippen molar-refractivity contribution in [2.75, 3.05) is 19.0 Å². The molecule has 2 rings (SSSR count). The van der Waals surface area contributed by atoms with Gasteiger partial charge < -0.3 is 20.5 Å². The monoisotopic (exact) mass is 377 g/mol. The number of nitrogens with zero attached hydrogens (tertiary/aromatic N) is 1. The van der Waals surface area contributed by atoms with Crippen LogP contribution in [0, 0.1) is 0 Å². The molecule has 0 aliphatic heterocycles. The van der Waals surface area contributed by atoms with Crippen molar-refractivity contribution in [1.29, 1.82) is 0 Å². The Morgan fingerprint density at radius 1 is 1.23 bits per heavy atom. The Kier molecular flexibility index (Phi) is 6.54. The van der Waals surface area contributed by atoms with E-state index in [1.807, 2.05) is 12.1 Å². The van der Waals surface area contributed by atoms with Crippen molar-refractivity contribution in [3.05, 3.63) is 47.7 Å². The fourth-order valence-electron chi connectivity index (χ4n) is 2.49. The topological polar surface area (TPSA) is 101 Å². The third-order valence-electron chi connectivity index (χ3n) is 3.93. The Morgan fingerprint density at radius 2 is 1.92 bits per heavy atom. The summed E-state index contributed by atoms with van der Waals surface area (Å²) in [7, 11) is 1.38. The zero-order valence-corrected chi connectivity index (χ0v) is 15.2. The fourth-order valence-corrected chi connectivity index (χ4v) is 2.73. The van der Waals surface area contributed by atoms with Gasteiger partial charge in [-0.2, -0.15) is 0 Å². The molecule has 1 aromatic carbocycles. The van der Waals surface area contributed by atoms with Crippen molar-refractivity contribution in [2.24, 2.45) is 0 Å². The number of urea groups is 1. The number of hydrogen-bond donors (Lipinski definition) is 3. The molecule has 1 aromatic heterocycles. The number of benzene rings is 1. The number of carboxylic acid groups (broad SMARTS) is 1. The summed E-state index contributed by atoms with van der Waals surface area (Å²) in [5, 5.41) is 15.0. The molecule has 0 aliphatic carbocycles. The Morgan fingerprint density at radius 3 is 2.50 bits per heavy atom. The summed E-state index contributed by atoms with van der Waals surface area (Å²) >= 11 is 6.14. The van der Waals surface area contributed by atoms with Crippen molar-refractivity contribution in [2.45, 2.75) is 18.9 Å². The molecule has 2 amide bonds. The van der Waals surface area contributed by atoms with Crippen LogP contribution in [0.4, 0.5) is 10.5 Å². The van der Waals surface area contributed by atoms with Crippen LogP contribution < -0.4 is 10.6 Å². The normalized spacial score (nSPS) is 12.9. The smallest absolute Gasteiger partial charge is 0.331 e. The molecule has 0 aliphatic rings. The first-order valence-corrected chi connectivity index (χ1v) is 8.30. The predicted molar refractivity (Wildman–Crippen MR) is 99.4 cm³/mol. The van der Waals surface area contributed by atoms with Gasteiger partial charge in [0.1, 0.15) is 0 Å². The summed E-state index contributed by atoms with van der Waals surface area (Å²) in [5.41, 5.74) is 0.617. The summed E-state index contributed by atoms with van der Waals surface area (Å²) in [6.07, 6.45) is 3.48. The minimum atomic E-state index is -1.51. The van der Waals surface area contributed by atoms with Crippen LogP contribution in [0.25, 0.3) is 11.1 Å². The molecule has 8 heteroatoms. The minimum Gasteiger partial charge on any atom is -0.479 e. The number of carbonyl (C=O) groups is 2. The highest BCUT2D eigenvalue weighted by atomic mass is 35.5. The van der Waals surface area contributed by atoms with Gasteiger partial charge in [0.05, 0.1) is 6.61 Å². The minimum absolute atomic E-state index is 0.149. The molecular formula is C18H20ClN3O4. The van der Waals surface area contributed by atoms with Crippen molar-refractivity contribution in [3.8, 4) is 11.1 Å². The van der Waals surface area contributed by atoms with Crippen molar-refractivity contribution in [1.82, 2.24) is 10.3 Å². The third-order valence-corrected chi connectivity index (χ3v) is 4.14. The maximum Gasteiger partial charge on any atom is 0.331 e. The highest BCUT2D eigenvalue weighted by molar-refractivity contribution is 6.31. The largest absolute Gasteiger partial charge is 0.479 e. The summed E-state index contributed by atoms with van der Waals surface area (Å²) < 4.78 is 4.96. The lowest BCUT2D eigenvalue weighted by Gasteiger charge is -2.28. The quantitative estimate of drug-likeness (QED) is 0.686. The number of aromatic nitrogens is 1. The van der Waals surface area contributed by atoms with E-state index >= 15 is 0 Å². The molecule has 1 heterocycles. The molecule has 26 heavy (non-hydrogen) atoms. The summed E-state index contributed by atoms with van der Waals surface area (Å²) in [5.74, 6) is -1.17. The number of rotatable bonds is 7. The molecular weight excluding hydrogens is 358 g/mol. The number of pyridine rings is 1. The molecule has 1 unspecified atom stereocenters. The number of ether oxygens (including phenoxy) is 1. The van der Waals surface area contributed by atoms with E-state index in [1.54, 1.807) is 37.5 Å². The van der Waals surface area contributed by atoms with Gasteiger partial charge in [-0.1, -0.05) is 18.5 Å². The highest BCUT2D eigenvalue weighted by Crippen LogP contribution is 2.27. The van der Waals surface area contributed by atoms with Crippen LogP contribution in [0.2, 0.25) is 5.02 Å². The second kappa shape index (κ2) is 8.64. The molecule has 7 nitrogen and oxygen atoms in total. The molecule has 1 atom stereocenters. The lowest BCUT2D eigenvalue weighted by Crippen LogP contribution is -2.58. The van der Waals surface area contributed by atoms with Gasteiger partial charge in [0.25, 0.3) is 0 Å². The highest BCUT2D eigenvalue weighted by Gasteiger charge is 2.38. The zero-order chi connectivity index (χ0) is 19.2. The molecule has 0 spiro atoms. The van der Waals surface area contributed by atoms with Gasteiger partial charge in [0.15, 0.2) is 5.54 Å². The van der Waals surface area contributed by atoms with Gasteiger partial charge in [-0.15, -0.1) is 0 Å². The number of hydrogen-bond acceptors (Lipinski definition) is 4. The van der Waals surface area contributed by atoms with Gasteiger partial charge in [0, 0.05) is 30.2 Å². The van der Waals surface area contributed by atoms with Gasteiger partial charge in [-0.05, 0) is 47.9 Å². The zero-order valence-electron chi connectivity index (χ0n) is 14.5. The van der Waals surface area contributed by atoms with Crippen molar-refractivity contribution < 1.29 is 19.4 Å². The molecule has 0 saturated heterocycles. The van der Waals surface area contributed by atoms with Crippen LogP contribution in [0.5, 0.6) is 0 Å². The second-order valence-electron chi connectivity index (χ2n) is 5.72. The van der Waals surface area contributed by atoms with E-state index in [9.17, 15) is 14.7 Å². The SMILES string of the molecule is CCC(COC)(NC(=O)Nc1cc(Cl)cc(-c2ccncc2)c1)C(=O)O. The van der Waals surface area contributed by atoms with Crippen LogP contribution in [0.1, 0.15) is 13.3 Å². The van der Waals surface area contributed by atoms with Gasteiger partial charge in [-0.25, -0.2) is 9.59 Å². The fraction of sp³-hybridized carbons (Fsp3) is 0.278. The number of halogens is 1. The number of amides is 2. The molecule has 3 N–H and O–H groups in total. The van der Waals surface area contributed by atoms with Gasteiger partial charge in [-0.3, -0.25) is 4.98 Å². The summed E-state index contributed by atoms with van der Waals surface area (Å²) in [6, 6.07) is 8.07. The van der Waals surface area contributed by atoms with E-state index in [-0.39, 0.29) is 13.0 Å². The van der Waals surface area contributed by atoms with E-state index in [4.69, 9.17) is 16.3 Å². The Labute approximate surface area is 156 Å². The second-order valence-corrected chi connectivity index (χ2v) is 6.15. The maximum absolute atomic E-state index is 12.3. The molecule has 0 saturated carbocycles. The predicted octanol–water partition coefficient (Wildman–Crippen LogP) is 3.40. The number of nitrogens with one attached hydrogen (secondary N) is 2. The van der Waals surface area contributed by atoms with Crippen molar-refractivity contribution >= 4 is 29.3 Å². The first kappa shape index (κ1) is 19.7. The van der Waals surface area contributed by atoms with E-state index in [0.29, 0.717) is 10.7 Å². The number of methoxy groups -OCH3 is 1. The maximum atomic E-state index is 12.3. The molecule has 0 bridgehead atoms. The van der Waals surface area contributed by atoms with E-state index in [1.165, 1.54) is 7.11 Å². The van der Waals surface area contributed by atoms with Crippen LogP contribution in [-0.4, -0.2) is 41.3 Å². The van der Waals surface area contributed by atoms with Crippen LogP contribution >= 0.6 is 11.6 Å². The summed E-state index contributed by atoms with van der Waals surface area (Å²) in [4.78, 5) is 27.9. The Balaban J connectivity index is 2.21. The van der Waals surface area contributed by atoms with E-state index in [2.05, 4.69) is 15.6 Å². The Bertz CT molecular complexity index is 785. The first-order chi connectivity index (χ1) is 12.4. The molecule has 0 radical (unpaired) electrons. The van der Waals surface area contributed by atoms with E-state index < -0.39 is 17.5 Å². The molecule has 138 valence electrons. The van der Waals surface area contributed by atoms with Crippen LogP contribution in [0.15, 0.2) is 42.7 Å². The average molecular weight is 378 g/mol. The summed E-state index contributed by atoms with van der Waals surface area (Å²) in [6.45, 7) is 1.51. The van der Waals surface area contributed by atoms with Crippen LogP contribution in [-0.2, 0) is 9.53 Å². The lowest BCUT2D eigenvalue weighted by molar-refractivity contribution is -0.146.